The Bertz CT molecular complexity index is 555. The van der Waals surface area contributed by atoms with Crippen LogP contribution in [0.4, 0.5) is 18.9 Å². The van der Waals surface area contributed by atoms with E-state index in [0.29, 0.717) is 0 Å². The Kier molecular flexibility index (Phi) is 4.11. The zero-order valence-electron chi connectivity index (χ0n) is 12.0. The lowest BCUT2D eigenvalue weighted by atomic mass is 10.1. The van der Waals surface area contributed by atoms with Crippen LogP contribution in [0.25, 0.3) is 0 Å². The molecule has 1 fully saturated rings. The van der Waals surface area contributed by atoms with E-state index in [1.54, 1.807) is 18.3 Å². The van der Waals surface area contributed by atoms with E-state index in [2.05, 4.69) is 21.2 Å². The van der Waals surface area contributed by atoms with Gasteiger partial charge in [-0.05, 0) is 36.4 Å². The molecular formula is C16H17F3N3. The molecule has 1 atom stereocenters. The van der Waals surface area contributed by atoms with Crippen molar-refractivity contribution in [1.29, 1.82) is 0 Å². The lowest BCUT2D eigenvalue weighted by molar-refractivity contribution is -0.137. The van der Waals surface area contributed by atoms with Gasteiger partial charge in [-0.1, -0.05) is 6.08 Å². The van der Waals surface area contributed by atoms with Gasteiger partial charge in [-0.3, -0.25) is 4.90 Å². The van der Waals surface area contributed by atoms with Crippen molar-refractivity contribution >= 4 is 5.69 Å². The molecule has 22 heavy (non-hydrogen) atoms. The fourth-order valence-corrected chi connectivity index (χ4v) is 2.73. The maximum absolute atomic E-state index is 12.6. The number of allylic oxidation sites excluding steroid dienone is 2. The second kappa shape index (κ2) is 6.04. The highest BCUT2D eigenvalue weighted by Gasteiger charge is 2.30. The normalized spacial score (nSPS) is 22.7. The predicted molar refractivity (Wildman–Crippen MR) is 79.1 cm³/mol. The van der Waals surface area contributed by atoms with Crippen LogP contribution >= 0.6 is 0 Å². The molecule has 1 N–H and O–H groups in total. The van der Waals surface area contributed by atoms with Crippen molar-refractivity contribution in [3.8, 4) is 0 Å². The molecule has 0 bridgehead atoms. The Morgan fingerprint density at radius 1 is 1.05 bits per heavy atom. The summed E-state index contributed by atoms with van der Waals surface area (Å²) < 4.78 is 37.7. The number of rotatable bonds is 2. The van der Waals surface area contributed by atoms with Crippen LogP contribution in [0.3, 0.4) is 0 Å². The van der Waals surface area contributed by atoms with Crippen LogP contribution in [0.2, 0.25) is 0 Å². The summed E-state index contributed by atoms with van der Waals surface area (Å²) in [6, 6.07) is 5.39. The summed E-state index contributed by atoms with van der Waals surface area (Å²) in [6.07, 6.45) is 4.60. The highest BCUT2D eigenvalue weighted by Crippen LogP contribution is 2.30. The van der Waals surface area contributed by atoms with Crippen LogP contribution < -0.4 is 10.2 Å². The first-order valence-corrected chi connectivity index (χ1v) is 7.21. The quantitative estimate of drug-likeness (QED) is 0.906. The van der Waals surface area contributed by atoms with Crippen molar-refractivity contribution in [2.24, 2.45) is 0 Å². The predicted octanol–water partition coefficient (Wildman–Crippen LogP) is 2.63. The van der Waals surface area contributed by atoms with Gasteiger partial charge >= 0.3 is 6.18 Å². The van der Waals surface area contributed by atoms with Gasteiger partial charge in [0.2, 0.25) is 0 Å². The van der Waals surface area contributed by atoms with Gasteiger partial charge in [0.25, 0.3) is 0 Å². The topological polar surface area (TPSA) is 18.5 Å². The highest BCUT2D eigenvalue weighted by atomic mass is 19.4. The molecule has 1 saturated heterocycles. The first kappa shape index (κ1) is 15.0. The number of benzene rings is 1. The molecule has 3 rings (SSSR count). The minimum absolute atomic E-state index is 0.177. The number of hydrogen-bond acceptors (Lipinski definition) is 3. The van der Waals surface area contributed by atoms with Gasteiger partial charge in [0.15, 0.2) is 0 Å². The lowest BCUT2D eigenvalue weighted by Gasteiger charge is -2.39. The molecule has 0 amide bonds. The summed E-state index contributed by atoms with van der Waals surface area (Å²) in [5.74, 6) is 0. The Labute approximate surface area is 127 Å². The molecule has 2 aliphatic heterocycles. The highest BCUT2D eigenvalue weighted by molar-refractivity contribution is 5.48. The van der Waals surface area contributed by atoms with Crippen LogP contribution in [0, 0.1) is 6.08 Å². The maximum Gasteiger partial charge on any atom is 0.416 e. The third-order valence-corrected chi connectivity index (χ3v) is 3.98. The van der Waals surface area contributed by atoms with Gasteiger partial charge in [-0.15, -0.1) is 0 Å². The average molecular weight is 308 g/mol. The van der Waals surface area contributed by atoms with Crippen LogP contribution in [0.1, 0.15) is 5.56 Å². The van der Waals surface area contributed by atoms with E-state index in [9.17, 15) is 13.2 Å². The second-order valence-electron chi connectivity index (χ2n) is 5.35. The second-order valence-corrected chi connectivity index (χ2v) is 5.35. The van der Waals surface area contributed by atoms with Crippen molar-refractivity contribution in [3.05, 3.63) is 54.3 Å². The van der Waals surface area contributed by atoms with E-state index < -0.39 is 11.7 Å². The molecule has 3 nitrogen and oxygen atoms in total. The molecule has 6 heteroatoms. The Balaban J connectivity index is 1.59. The standard InChI is InChI=1S/C16H17F3N3/c17-16(18,19)13-4-6-14(7-5-13)21-9-11-22(12-10-21)15-3-1-2-8-20-15/h1,3-8,15,20H,9-12H2. The summed E-state index contributed by atoms with van der Waals surface area (Å²) >= 11 is 0. The first-order valence-electron chi connectivity index (χ1n) is 7.21. The van der Waals surface area contributed by atoms with E-state index in [0.717, 1.165) is 44.0 Å². The number of nitrogens with zero attached hydrogens (tertiary/aromatic N) is 2. The fourth-order valence-electron chi connectivity index (χ4n) is 2.73. The molecule has 2 heterocycles. The zero-order valence-corrected chi connectivity index (χ0v) is 12.0. The average Bonchev–Trinajstić information content (AvgIpc) is 2.55. The van der Waals surface area contributed by atoms with Gasteiger partial charge in [-0.25, -0.2) is 0 Å². The Morgan fingerprint density at radius 3 is 2.27 bits per heavy atom. The SMILES string of the molecule is FC(F)(F)c1ccc(N2CCN(C3C=C[C]=CN3)CC2)cc1. The van der Waals surface area contributed by atoms with E-state index in [1.807, 2.05) is 12.2 Å². The largest absolute Gasteiger partial charge is 0.416 e. The molecule has 1 aromatic carbocycles. The fraction of sp³-hybridized carbons (Fsp3) is 0.375. The number of dihydropyridines is 1. The van der Waals surface area contributed by atoms with Gasteiger partial charge in [0.05, 0.1) is 11.7 Å². The minimum atomic E-state index is -4.28. The third-order valence-electron chi connectivity index (χ3n) is 3.98. The smallest absolute Gasteiger partial charge is 0.372 e. The molecule has 117 valence electrons. The van der Waals surface area contributed by atoms with Gasteiger partial charge < -0.3 is 10.2 Å². The van der Waals surface area contributed by atoms with Crippen LogP contribution in [0.5, 0.6) is 0 Å². The summed E-state index contributed by atoms with van der Waals surface area (Å²) in [7, 11) is 0. The number of hydrogen-bond donors (Lipinski definition) is 1. The van der Waals surface area contributed by atoms with Crippen LogP contribution in [-0.2, 0) is 6.18 Å². The van der Waals surface area contributed by atoms with Crippen molar-refractivity contribution in [3.63, 3.8) is 0 Å². The monoisotopic (exact) mass is 308 g/mol. The molecule has 0 aliphatic carbocycles. The molecule has 2 aliphatic rings. The van der Waals surface area contributed by atoms with Gasteiger partial charge in [-0.2, -0.15) is 13.2 Å². The Hall–Kier alpha value is -1.95. The molecular weight excluding hydrogens is 291 g/mol. The third kappa shape index (κ3) is 3.27. The number of alkyl halides is 3. The van der Waals surface area contributed by atoms with E-state index in [1.165, 1.54) is 0 Å². The van der Waals surface area contributed by atoms with E-state index in [4.69, 9.17) is 0 Å². The molecule has 0 aromatic heterocycles. The van der Waals surface area contributed by atoms with Crippen molar-refractivity contribution < 1.29 is 13.2 Å². The summed E-state index contributed by atoms with van der Waals surface area (Å²) in [6.45, 7) is 3.31. The lowest BCUT2D eigenvalue weighted by Crippen LogP contribution is -2.53. The van der Waals surface area contributed by atoms with Gasteiger partial charge in [0.1, 0.15) is 0 Å². The summed E-state index contributed by atoms with van der Waals surface area (Å²) in [5.41, 5.74) is 0.238. The number of piperazine rings is 1. The molecule has 1 unspecified atom stereocenters. The van der Waals surface area contributed by atoms with Crippen molar-refractivity contribution in [2.75, 3.05) is 31.1 Å². The maximum atomic E-state index is 12.6. The molecule has 0 spiro atoms. The summed E-state index contributed by atoms with van der Waals surface area (Å²) in [4.78, 5) is 4.42. The van der Waals surface area contributed by atoms with Crippen LogP contribution in [-0.4, -0.2) is 37.2 Å². The number of anilines is 1. The van der Waals surface area contributed by atoms with Crippen molar-refractivity contribution in [2.45, 2.75) is 12.3 Å². The zero-order chi connectivity index (χ0) is 15.6. The molecule has 1 aromatic rings. The van der Waals surface area contributed by atoms with E-state index >= 15 is 0 Å². The number of nitrogens with one attached hydrogen (secondary N) is 1. The number of halogens is 3. The van der Waals surface area contributed by atoms with Gasteiger partial charge in [0, 0.05) is 38.1 Å². The summed E-state index contributed by atoms with van der Waals surface area (Å²) in [5, 5.41) is 3.23. The van der Waals surface area contributed by atoms with Crippen molar-refractivity contribution in [1.82, 2.24) is 10.2 Å². The molecule has 0 saturated carbocycles. The first-order chi connectivity index (χ1) is 10.5. The molecule has 1 radical (unpaired) electrons. The van der Waals surface area contributed by atoms with E-state index in [-0.39, 0.29) is 6.17 Å². The van der Waals surface area contributed by atoms with Crippen LogP contribution in [0.15, 0.2) is 42.6 Å². The minimum Gasteiger partial charge on any atom is -0.372 e. The Morgan fingerprint density at radius 2 is 1.73 bits per heavy atom.